The molecular formula is C10H12FNO2. The summed E-state index contributed by atoms with van der Waals surface area (Å²) in [7, 11) is 1.38. The van der Waals surface area contributed by atoms with Crippen LogP contribution in [0.25, 0.3) is 0 Å². The fourth-order valence-corrected chi connectivity index (χ4v) is 1.07. The third kappa shape index (κ3) is 2.22. The maximum atomic E-state index is 13.1. The second-order valence-corrected chi connectivity index (χ2v) is 2.71. The van der Waals surface area contributed by atoms with E-state index in [0.717, 1.165) is 6.07 Å². The summed E-state index contributed by atoms with van der Waals surface area (Å²) in [6.45, 7) is 2.32. The molecule has 1 aromatic rings. The van der Waals surface area contributed by atoms with Gasteiger partial charge >= 0.3 is 0 Å². The summed E-state index contributed by atoms with van der Waals surface area (Å²) in [5.41, 5.74) is 0.296. The smallest absolute Gasteiger partial charge is 0.251 e. The lowest BCUT2D eigenvalue weighted by Crippen LogP contribution is -2.22. The van der Waals surface area contributed by atoms with Crippen LogP contribution in [0.15, 0.2) is 18.2 Å². The minimum Gasteiger partial charge on any atom is -0.494 e. The molecule has 76 valence electrons. The van der Waals surface area contributed by atoms with Crippen molar-refractivity contribution in [1.82, 2.24) is 5.32 Å². The first kappa shape index (κ1) is 10.5. The summed E-state index contributed by atoms with van der Waals surface area (Å²) in [5.74, 6) is -0.677. The molecule has 0 fully saturated rings. The van der Waals surface area contributed by atoms with Crippen molar-refractivity contribution < 1.29 is 13.9 Å². The van der Waals surface area contributed by atoms with Gasteiger partial charge in [0.15, 0.2) is 11.6 Å². The summed E-state index contributed by atoms with van der Waals surface area (Å²) in [6.07, 6.45) is 0. The van der Waals surface area contributed by atoms with Crippen LogP contribution in [0.3, 0.4) is 0 Å². The highest BCUT2D eigenvalue weighted by molar-refractivity contribution is 5.94. The fourth-order valence-electron chi connectivity index (χ4n) is 1.07. The summed E-state index contributed by atoms with van der Waals surface area (Å²) in [5, 5.41) is 2.58. The van der Waals surface area contributed by atoms with Gasteiger partial charge in [0.1, 0.15) is 0 Å². The van der Waals surface area contributed by atoms with Crippen LogP contribution in [0.2, 0.25) is 0 Å². The van der Waals surface area contributed by atoms with Gasteiger partial charge in [0.2, 0.25) is 0 Å². The van der Waals surface area contributed by atoms with E-state index in [1.807, 2.05) is 0 Å². The van der Waals surface area contributed by atoms with Crippen LogP contribution in [-0.2, 0) is 0 Å². The van der Waals surface area contributed by atoms with E-state index in [1.165, 1.54) is 19.2 Å². The van der Waals surface area contributed by atoms with E-state index in [4.69, 9.17) is 4.74 Å². The molecule has 0 aliphatic carbocycles. The van der Waals surface area contributed by atoms with E-state index in [2.05, 4.69) is 5.32 Å². The standard InChI is InChI=1S/C10H12FNO2/c1-3-12-10(13)7-4-5-9(14-2)8(11)6-7/h4-6H,3H2,1-2H3,(H,12,13). The molecule has 0 saturated carbocycles. The topological polar surface area (TPSA) is 38.3 Å². The summed E-state index contributed by atoms with van der Waals surface area (Å²) >= 11 is 0. The van der Waals surface area contributed by atoms with Gasteiger partial charge in [0, 0.05) is 12.1 Å². The Morgan fingerprint density at radius 1 is 1.57 bits per heavy atom. The molecule has 4 heteroatoms. The normalized spacial score (nSPS) is 9.64. The number of nitrogens with one attached hydrogen (secondary N) is 1. The maximum Gasteiger partial charge on any atom is 0.251 e. The van der Waals surface area contributed by atoms with E-state index in [-0.39, 0.29) is 11.7 Å². The maximum absolute atomic E-state index is 13.1. The Bertz CT molecular complexity index is 339. The third-order valence-corrected chi connectivity index (χ3v) is 1.75. The highest BCUT2D eigenvalue weighted by Crippen LogP contribution is 2.17. The van der Waals surface area contributed by atoms with E-state index < -0.39 is 5.82 Å². The molecule has 0 unspecified atom stereocenters. The zero-order chi connectivity index (χ0) is 10.6. The van der Waals surface area contributed by atoms with E-state index in [0.29, 0.717) is 12.1 Å². The number of methoxy groups -OCH3 is 1. The number of halogens is 1. The Hall–Kier alpha value is -1.58. The van der Waals surface area contributed by atoms with Crippen molar-refractivity contribution >= 4 is 5.91 Å². The minimum atomic E-state index is -0.531. The quantitative estimate of drug-likeness (QED) is 0.799. The monoisotopic (exact) mass is 197 g/mol. The number of carbonyl (C=O) groups excluding carboxylic acids is 1. The molecule has 0 saturated heterocycles. The largest absolute Gasteiger partial charge is 0.494 e. The molecule has 14 heavy (non-hydrogen) atoms. The van der Waals surface area contributed by atoms with Gasteiger partial charge in [-0.25, -0.2) is 4.39 Å². The molecule has 1 amide bonds. The van der Waals surface area contributed by atoms with E-state index >= 15 is 0 Å². The number of hydrogen-bond donors (Lipinski definition) is 1. The second kappa shape index (κ2) is 4.60. The second-order valence-electron chi connectivity index (χ2n) is 2.71. The molecule has 0 heterocycles. The van der Waals surface area contributed by atoms with Gasteiger partial charge in [-0.05, 0) is 25.1 Å². The van der Waals surface area contributed by atoms with Gasteiger partial charge in [0.25, 0.3) is 5.91 Å². The van der Waals surface area contributed by atoms with Crippen LogP contribution in [0.5, 0.6) is 5.75 Å². The molecule has 1 aromatic carbocycles. The first-order valence-corrected chi connectivity index (χ1v) is 4.30. The molecule has 0 atom stereocenters. The minimum absolute atomic E-state index is 0.137. The Labute approximate surface area is 81.9 Å². The summed E-state index contributed by atoms with van der Waals surface area (Å²) < 4.78 is 17.9. The van der Waals surface area contributed by atoms with Crippen LogP contribution in [0, 0.1) is 5.82 Å². The molecule has 0 aliphatic heterocycles. The lowest BCUT2D eigenvalue weighted by atomic mass is 10.2. The first-order valence-electron chi connectivity index (χ1n) is 4.30. The number of carbonyl (C=O) groups is 1. The van der Waals surface area contributed by atoms with Crippen molar-refractivity contribution in [1.29, 1.82) is 0 Å². The molecule has 1 N–H and O–H groups in total. The molecule has 1 rings (SSSR count). The van der Waals surface area contributed by atoms with Gasteiger partial charge < -0.3 is 10.1 Å². The van der Waals surface area contributed by atoms with Crippen molar-refractivity contribution in [2.75, 3.05) is 13.7 Å². The van der Waals surface area contributed by atoms with Crippen molar-refractivity contribution in [2.45, 2.75) is 6.92 Å². The van der Waals surface area contributed by atoms with Crippen LogP contribution in [-0.4, -0.2) is 19.6 Å². The highest BCUT2D eigenvalue weighted by atomic mass is 19.1. The number of hydrogen-bond acceptors (Lipinski definition) is 2. The van der Waals surface area contributed by atoms with Gasteiger partial charge in [-0.15, -0.1) is 0 Å². The average Bonchev–Trinajstić information content (AvgIpc) is 2.18. The first-order chi connectivity index (χ1) is 6.69. The van der Waals surface area contributed by atoms with Gasteiger partial charge in [-0.1, -0.05) is 0 Å². The molecule has 0 radical (unpaired) electrons. The number of amides is 1. The lowest BCUT2D eigenvalue weighted by molar-refractivity contribution is 0.0955. The Morgan fingerprint density at radius 3 is 2.79 bits per heavy atom. The number of rotatable bonds is 3. The number of benzene rings is 1. The van der Waals surface area contributed by atoms with Gasteiger partial charge in [-0.3, -0.25) is 4.79 Å². The molecule has 0 aromatic heterocycles. The van der Waals surface area contributed by atoms with Crippen LogP contribution in [0.1, 0.15) is 17.3 Å². The Balaban J connectivity index is 2.91. The highest BCUT2D eigenvalue weighted by Gasteiger charge is 2.08. The third-order valence-electron chi connectivity index (χ3n) is 1.75. The van der Waals surface area contributed by atoms with Gasteiger partial charge in [0.05, 0.1) is 7.11 Å². The SMILES string of the molecule is CCNC(=O)c1ccc(OC)c(F)c1. The van der Waals surface area contributed by atoms with Crippen molar-refractivity contribution in [3.8, 4) is 5.75 Å². The van der Waals surface area contributed by atoms with E-state index in [9.17, 15) is 9.18 Å². The fraction of sp³-hybridized carbons (Fsp3) is 0.300. The molecule has 0 bridgehead atoms. The van der Waals surface area contributed by atoms with Crippen molar-refractivity contribution in [2.24, 2.45) is 0 Å². The zero-order valence-electron chi connectivity index (χ0n) is 8.13. The van der Waals surface area contributed by atoms with Crippen molar-refractivity contribution in [3.05, 3.63) is 29.6 Å². The van der Waals surface area contributed by atoms with Gasteiger partial charge in [-0.2, -0.15) is 0 Å². The predicted octanol–water partition coefficient (Wildman–Crippen LogP) is 1.58. The van der Waals surface area contributed by atoms with Crippen LogP contribution >= 0.6 is 0 Å². The molecular weight excluding hydrogens is 185 g/mol. The Morgan fingerprint density at radius 2 is 2.29 bits per heavy atom. The van der Waals surface area contributed by atoms with Crippen molar-refractivity contribution in [3.63, 3.8) is 0 Å². The van der Waals surface area contributed by atoms with E-state index in [1.54, 1.807) is 6.92 Å². The zero-order valence-corrected chi connectivity index (χ0v) is 8.13. The molecule has 0 aliphatic rings. The molecule has 3 nitrogen and oxygen atoms in total. The predicted molar refractivity (Wildman–Crippen MR) is 51.0 cm³/mol. The summed E-state index contributed by atoms with van der Waals surface area (Å²) in [4.78, 5) is 11.3. The summed E-state index contributed by atoms with van der Waals surface area (Å²) in [6, 6.07) is 4.11. The lowest BCUT2D eigenvalue weighted by Gasteiger charge is -2.04. The van der Waals surface area contributed by atoms with Crippen LogP contribution in [0.4, 0.5) is 4.39 Å². The molecule has 0 spiro atoms. The van der Waals surface area contributed by atoms with Crippen LogP contribution < -0.4 is 10.1 Å². The number of ether oxygens (including phenoxy) is 1. The Kier molecular flexibility index (Phi) is 3.45. The average molecular weight is 197 g/mol.